The van der Waals surface area contributed by atoms with E-state index in [1.165, 1.54) is 6.07 Å². The minimum atomic E-state index is -2.82. The molecule has 2 aromatic rings. The molecule has 0 saturated carbocycles. The topological polar surface area (TPSA) is 30.5 Å². The zero-order valence-electron chi connectivity index (χ0n) is 12.0. The SMILES string of the molecule is COc1ccc(CNCc2ccccc2OC(F)F)cc1Br. The predicted octanol–water partition coefficient (Wildman–Crippen LogP) is 4.35. The van der Waals surface area contributed by atoms with Crippen LogP contribution in [-0.2, 0) is 13.1 Å². The van der Waals surface area contributed by atoms with Crippen molar-refractivity contribution in [2.45, 2.75) is 19.7 Å². The van der Waals surface area contributed by atoms with Gasteiger partial charge in [0.05, 0.1) is 11.6 Å². The quantitative estimate of drug-likeness (QED) is 0.784. The third-order valence-corrected chi connectivity index (χ3v) is 3.67. The Balaban J connectivity index is 1.95. The average molecular weight is 372 g/mol. The van der Waals surface area contributed by atoms with Crippen molar-refractivity contribution in [3.05, 3.63) is 58.1 Å². The van der Waals surface area contributed by atoms with E-state index < -0.39 is 6.61 Å². The zero-order chi connectivity index (χ0) is 15.9. The second-order valence-corrected chi connectivity index (χ2v) is 5.41. The third-order valence-electron chi connectivity index (χ3n) is 3.05. The number of benzene rings is 2. The lowest BCUT2D eigenvalue weighted by Crippen LogP contribution is -2.14. The summed E-state index contributed by atoms with van der Waals surface area (Å²) in [5, 5.41) is 3.21. The lowest BCUT2D eigenvalue weighted by atomic mass is 10.2. The molecule has 0 saturated heterocycles. The molecule has 0 spiro atoms. The second kappa shape index (κ2) is 8.10. The summed E-state index contributed by atoms with van der Waals surface area (Å²) >= 11 is 3.43. The number of para-hydroxylation sites is 1. The lowest BCUT2D eigenvalue weighted by Gasteiger charge is -2.12. The van der Waals surface area contributed by atoms with Gasteiger partial charge in [0, 0.05) is 18.7 Å². The maximum atomic E-state index is 12.3. The van der Waals surface area contributed by atoms with Gasteiger partial charge in [0.15, 0.2) is 0 Å². The molecule has 118 valence electrons. The van der Waals surface area contributed by atoms with Crippen LogP contribution in [0.2, 0.25) is 0 Å². The smallest absolute Gasteiger partial charge is 0.387 e. The van der Waals surface area contributed by atoms with E-state index in [0.717, 1.165) is 15.8 Å². The van der Waals surface area contributed by atoms with Gasteiger partial charge in [-0.2, -0.15) is 8.78 Å². The van der Waals surface area contributed by atoms with Crippen molar-refractivity contribution in [2.75, 3.05) is 7.11 Å². The fourth-order valence-corrected chi connectivity index (χ4v) is 2.61. The molecular weight excluding hydrogens is 356 g/mol. The van der Waals surface area contributed by atoms with E-state index in [1.54, 1.807) is 25.3 Å². The molecule has 0 aliphatic rings. The summed E-state index contributed by atoms with van der Waals surface area (Å²) in [6.45, 7) is -1.78. The highest BCUT2D eigenvalue weighted by atomic mass is 79.9. The minimum Gasteiger partial charge on any atom is -0.496 e. The number of methoxy groups -OCH3 is 1. The molecule has 0 radical (unpaired) electrons. The molecule has 0 unspecified atom stereocenters. The van der Waals surface area contributed by atoms with Crippen LogP contribution in [0.15, 0.2) is 46.9 Å². The van der Waals surface area contributed by atoms with Crippen molar-refractivity contribution in [2.24, 2.45) is 0 Å². The van der Waals surface area contributed by atoms with Crippen molar-refractivity contribution in [1.82, 2.24) is 5.32 Å². The van der Waals surface area contributed by atoms with Crippen molar-refractivity contribution < 1.29 is 18.3 Å². The van der Waals surface area contributed by atoms with Crippen LogP contribution in [0, 0.1) is 0 Å². The van der Waals surface area contributed by atoms with Gasteiger partial charge in [0.2, 0.25) is 0 Å². The van der Waals surface area contributed by atoms with Crippen LogP contribution in [-0.4, -0.2) is 13.7 Å². The summed E-state index contributed by atoms with van der Waals surface area (Å²) in [7, 11) is 1.61. The standard InChI is InChI=1S/C16H16BrF2NO2/c1-21-15-7-6-11(8-13(15)17)9-20-10-12-4-2-3-5-14(12)22-16(18)19/h2-8,16,20H,9-10H2,1H3. The van der Waals surface area contributed by atoms with E-state index in [2.05, 4.69) is 26.0 Å². The Morgan fingerprint density at radius 2 is 1.86 bits per heavy atom. The Bertz CT molecular complexity index is 623. The van der Waals surface area contributed by atoms with E-state index in [1.807, 2.05) is 18.2 Å². The number of hydrogen-bond donors (Lipinski definition) is 1. The minimum absolute atomic E-state index is 0.195. The van der Waals surface area contributed by atoms with Gasteiger partial charge in [-0.15, -0.1) is 0 Å². The maximum Gasteiger partial charge on any atom is 0.387 e. The second-order valence-electron chi connectivity index (χ2n) is 4.56. The molecule has 1 N–H and O–H groups in total. The molecule has 0 heterocycles. The fraction of sp³-hybridized carbons (Fsp3) is 0.250. The summed E-state index contributed by atoms with van der Waals surface area (Å²) in [6, 6.07) is 12.5. The van der Waals surface area contributed by atoms with E-state index >= 15 is 0 Å². The van der Waals surface area contributed by atoms with Gasteiger partial charge in [-0.25, -0.2) is 0 Å². The molecule has 0 aromatic heterocycles. The van der Waals surface area contributed by atoms with Crippen LogP contribution in [0.3, 0.4) is 0 Å². The van der Waals surface area contributed by atoms with Gasteiger partial charge in [-0.3, -0.25) is 0 Å². The first-order valence-electron chi connectivity index (χ1n) is 6.66. The Labute approximate surface area is 136 Å². The van der Waals surface area contributed by atoms with Gasteiger partial charge in [-0.05, 0) is 39.7 Å². The van der Waals surface area contributed by atoms with Crippen LogP contribution >= 0.6 is 15.9 Å². The Kier molecular flexibility index (Phi) is 6.15. The van der Waals surface area contributed by atoms with Gasteiger partial charge < -0.3 is 14.8 Å². The van der Waals surface area contributed by atoms with Crippen LogP contribution in [0.5, 0.6) is 11.5 Å². The van der Waals surface area contributed by atoms with Crippen molar-refractivity contribution in [3.8, 4) is 11.5 Å². The monoisotopic (exact) mass is 371 g/mol. The number of ether oxygens (including phenoxy) is 2. The highest BCUT2D eigenvalue weighted by Crippen LogP contribution is 2.25. The molecule has 3 nitrogen and oxygen atoms in total. The van der Waals surface area contributed by atoms with Crippen molar-refractivity contribution in [3.63, 3.8) is 0 Å². The molecule has 2 aromatic carbocycles. The van der Waals surface area contributed by atoms with Crippen molar-refractivity contribution in [1.29, 1.82) is 0 Å². The Morgan fingerprint density at radius 1 is 1.09 bits per heavy atom. The number of rotatable bonds is 7. The molecule has 0 bridgehead atoms. The average Bonchev–Trinajstić information content (AvgIpc) is 2.49. The van der Waals surface area contributed by atoms with Gasteiger partial charge >= 0.3 is 6.61 Å². The van der Waals surface area contributed by atoms with Crippen LogP contribution in [0.1, 0.15) is 11.1 Å². The molecule has 2 rings (SSSR count). The molecule has 0 atom stereocenters. The highest BCUT2D eigenvalue weighted by molar-refractivity contribution is 9.10. The van der Waals surface area contributed by atoms with Gasteiger partial charge in [0.25, 0.3) is 0 Å². The van der Waals surface area contributed by atoms with Gasteiger partial charge in [0.1, 0.15) is 11.5 Å². The fourth-order valence-electron chi connectivity index (χ4n) is 2.02. The molecule has 22 heavy (non-hydrogen) atoms. The molecule has 0 aliphatic heterocycles. The first-order valence-corrected chi connectivity index (χ1v) is 7.45. The number of hydrogen-bond acceptors (Lipinski definition) is 3. The number of nitrogens with one attached hydrogen (secondary N) is 1. The summed E-state index contributed by atoms with van der Waals surface area (Å²) < 4.78 is 35.2. The van der Waals surface area contributed by atoms with Gasteiger partial charge in [-0.1, -0.05) is 24.3 Å². The maximum absolute atomic E-state index is 12.3. The summed E-state index contributed by atoms with van der Waals surface area (Å²) in [6.07, 6.45) is 0. The van der Waals surface area contributed by atoms with E-state index in [4.69, 9.17) is 4.74 Å². The summed E-state index contributed by atoms with van der Waals surface area (Å²) in [5.74, 6) is 0.959. The lowest BCUT2D eigenvalue weighted by molar-refractivity contribution is -0.0505. The molecular formula is C16H16BrF2NO2. The van der Waals surface area contributed by atoms with Crippen molar-refractivity contribution >= 4 is 15.9 Å². The Morgan fingerprint density at radius 3 is 2.55 bits per heavy atom. The number of halogens is 3. The third kappa shape index (κ3) is 4.68. The van der Waals surface area contributed by atoms with E-state index in [0.29, 0.717) is 18.7 Å². The summed E-state index contributed by atoms with van der Waals surface area (Å²) in [4.78, 5) is 0. The first-order chi connectivity index (χ1) is 10.6. The van der Waals surface area contributed by atoms with Crippen LogP contribution in [0.4, 0.5) is 8.78 Å². The zero-order valence-corrected chi connectivity index (χ0v) is 13.6. The normalized spacial score (nSPS) is 10.8. The molecule has 0 fully saturated rings. The summed E-state index contributed by atoms with van der Waals surface area (Å²) in [5.41, 5.74) is 1.75. The Hall–Kier alpha value is -1.66. The first kappa shape index (κ1) is 16.7. The van der Waals surface area contributed by atoms with E-state index in [9.17, 15) is 8.78 Å². The molecule has 0 amide bonds. The largest absolute Gasteiger partial charge is 0.496 e. The predicted molar refractivity (Wildman–Crippen MR) is 84.3 cm³/mol. The van der Waals surface area contributed by atoms with Crippen LogP contribution in [0.25, 0.3) is 0 Å². The number of alkyl halides is 2. The molecule has 0 aliphatic carbocycles. The van der Waals surface area contributed by atoms with E-state index in [-0.39, 0.29) is 5.75 Å². The van der Waals surface area contributed by atoms with Crippen LogP contribution < -0.4 is 14.8 Å². The highest BCUT2D eigenvalue weighted by Gasteiger charge is 2.08. The molecule has 6 heteroatoms.